The number of alkyl halides is 9. The predicted octanol–water partition coefficient (Wildman–Crippen LogP) is 13.3. The molecule has 0 amide bonds. The van der Waals surface area contributed by atoms with Gasteiger partial charge in [0.2, 0.25) is 0 Å². The predicted molar refractivity (Wildman–Crippen MR) is 266 cm³/mol. The van der Waals surface area contributed by atoms with Gasteiger partial charge in [0.05, 0.1) is 44.0 Å². The third-order valence-electron chi connectivity index (χ3n) is 9.56. The van der Waals surface area contributed by atoms with Crippen LogP contribution in [0.3, 0.4) is 0 Å². The second-order valence-electron chi connectivity index (χ2n) is 14.6. The fraction of sp³-hybridized carbons (Fsp3) is 0.273. The number of nitro groups is 3. The van der Waals surface area contributed by atoms with Gasteiger partial charge < -0.3 is 25.8 Å². The fourth-order valence-electron chi connectivity index (χ4n) is 6.17. The number of nitrogens with two attached hydrogens (primary N) is 1. The normalized spacial score (nSPS) is 13.8. The molecule has 4 N–H and O–H groups in total. The van der Waals surface area contributed by atoms with Crippen LogP contribution in [0.15, 0.2) is 131 Å². The number of nitrogens with one attached hydrogen (secondary N) is 2. The third kappa shape index (κ3) is 20.8. The lowest BCUT2D eigenvalue weighted by molar-refractivity contribution is -0.404. The van der Waals surface area contributed by atoms with E-state index in [0.29, 0.717) is 53.2 Å². The molecular formula is C44H44ClF9N10O6S3. The van der Waals surface area contributed by atoms with Gasteiger partial charge in [0.1, 0.15) is 15.1 Å². The van der Waals surface area contributed by atoms with Crippen LogP contribution in [-0.2, 0) is 25.1 Å². The Balaban J connectivity index is 0.000000306. The molecule has 0 aliphatic carbocycles. The lowest BCUT2D eigenvalue weighted by atomic mass is 10.1. The summed E-state index contributed by atoms with van der Waals surface area (Å²) in [7, 11) is 0. The van der Waals surface area contributed by atoms with E-state index in [1.165, 1.54) is 59.9 Å². The summed E-state index contributed by atoms with van der Waals surface area (Å²) >= 11 is 9.84. The highest BCUT2D eigenvalue weighted by Gasteiger charge is 2.35. The number of aromatic nitrogens is 3. The number of thioether (sulfide) groups is 3. The van der Waals surface area contributed by atoms with E-state index in [1.807, 2.05) is 41.0 Å². The van der Waals surface area contributed by atoms with Crippen molar-refractivity contribution in [2.45, 2.75) is 50.9 Å². The van der Waals surface area contributed by atoms with Crippen LogP contribution in [-0.4, -0.2) is 59.7 Å². The molecule has 1 aromatic heterocycles. The van der Waals surface area contributed by atoms with E-state index >= 15 is 0 Å². The lowest BCUT2D eigenvalue weighted by Crippen LogP contribution is -2.29. The number of benzene rings is 4. The highest BCUT2D eigenvalue weighted by Crippen LogP contribution is 2.37. The van der Waals surface area contributed by atoms with Gasteiger partial charge in [0.15, 0.2) is 11.6 Å². The molecule has 1 aliphatic rings. The molecule has 394 valence electrons. The number of nitrogens with zero attached hydrogens (tertiary/aromatic N) is 7. The first kappa shape index (κ1) is 60.7. The van der Waals surface area contributed by atoms with Crippen molar-refractivity contribution in [3.05, 3.63) is 200 Å². The van der Waals surface area contributed by atoms with E-state index in [1.54, 1.807) is 18.4 Å². The van der Waals surface area contributed by atoms with E-state index in [0.717, 1.165) is 83.0 Å². The topological polar surface area (TPSA) is 213 Å². The smallest absolute Gasteiger partial charge is 0.399 e. The summed E-state index contributed by atoms with van der Waals surface area (Å²) in [5.74, 6) is 1.51. The lowest BCUT2D eigenvalue weighted by Gasteiger charge is -2.28. The Morgan fingerprint density at radius 2 is 1.14 bits per heavy atom. The molecule has 1 aliphatic heterocycles. The summed E-state index contributed by atoms with van der Waals surface area (Å²) in [5.41, 5.74) is 4.94. The number of likely N-dealkylation sites (tertiary alicyclic amines) is 1. The van der Waals surface area contributed by atoms with Crippen molar-refractivity contribution >= 4 is 63.9 Å². The standard InChI is InChI=1S/C23H22ClF3N6O2.C10H9F3N2O2S.C7H6F3N.C4H7NO2S2/c1-15-29-30-22(32(15)13-16-4-8-18(24)9-5-16)20-3-2-12-31(20)21(14-33(34)35)28-19-10-6-17(7-11-19)23(25,26)27;1-18-9(6-15(16)17)14-8-4-2-7(3-5-8)10(11,12)13;8-7(9,10)5-1-3-6(11)4-2-5;1-8-4(9-2)3-5(6)7/h4-11,14,20,28H,2-3,12-13H2,1H3;2-6,14H,1H3;1-4H,11H2;3H,1-2H3/t20-;;;/m1.../s1. The van der Waals surface area contributed by atoms with Gasteiger partial charge in [-0.2, -0.15) is 39.5 Å². The summed E-state index contributed by atoms with van der Waals surface area (Å²) in [6.45, 7) is 2.83. The molecule has 0 bridgehead atoms. The number of anilines is 3. The third-order valence-corrected chi connectivity index (χ3v) is 12.5. The number of hydrogen-bond donors (Lipinski definition) is 3. The van der Waals surface area contributed by atoms with Gasteiger partial charge in [-0.3, -0.25) is 30.3 Å². The zero-order valence-electron chi connectivity index (χ0n) is 38.5. The first-order valence-corrected chi connectivity index (χ1v) is 24.6. The van der Waals surface area contributed by atoms with Gasteiger partial charge in [0, 0.05) is 28.6 Å². The van der Waals surface area contributed by atoms with Crippen molar-refractivity contribution < 1.29 is 54.3 Å². The summed E-state index contributed by atoms with van der Waals surface area (Å²) in [6, 6.07) is 20.0. The van der Waals surface area contributed by atoms with Crippen molar-refractivity contribution in [1.82, 2.24) is 19.7 Å². The minimum Gasteiger partial charge on any atom is -0.399 e. The summed E-state index contributed by atoms with van der Waals surface area (Å²) in [4.78, 5) is 31.6. The van der Waals surface area contributed by atoms with Crippen molar-refractivity contribution in [1.29, 1.82) is 0 Å². The van der Waals surface area contributed by atoms with Crippen LogP contribution in [0.1, 0.15) is 52.8 Å². The minimum absolute atomic E-state index is 0.163. The first-order valence-electron chi connectivity index (χ1n) is 20.5. The van der Waals surface area contributed by atoms with Crippen LogP contribution in [0.5, 0.6) is 0 Å². The molecule has 1 saturated heterocycles. The fourth-order valence-corrected chi connectivity index (χ4v) is 7.75. The van der Waals surface area contributed by atoms with Gasteiger partial charge >= 0.3 is 18.5 Å². The Kier molecular flexibility index (Phi) is 23.2. The van der Waals surface area contributed by atoms with Crippen LogP contribution in [0.4, 0.5) is 56.6 Å². The van der Waals surface area contributed by atoms with E-state index in [-0.39, 0.29) is 16.9 Å². The van der Waals surface area contributed by atoms with Crippen LogP contribution in [0.2, 0.25) is 5.02 Å². The van der Waals surface area contributed by atoms with Crippen LogP contribution in [0.25, 0.3) is 0 Å². The number of rotatable bonds is 14. The molecular weight excluding hydrogens is 1070 g/mol. The summed E-state index contributed by atoms with van der Waals surface area (Å²) < 4.78 is 114. The summed E-state index contributed by atoms with van der Waals surface area (Å²) in [6.07, 6.45) is -3.87. The minimum atomic E-state index is -4.47. The first-order chi connectivity index (χ1) is 34.1. The van der Waals surface area contributed by atoms with Crippen LogP contribution < -0.4 is 16.4 Å². The number of nitrogen functional groups attached to an aromatic ring is 1. The van der Waals surface area contributed by atoms with Crippen molar-refractivity contribution in [2.24, 2.45) is 0 Å². The Morgan fingerprint density at radius 1 is 0.685 bits per heavy atom. The molecule has 0 spiro atoms. The monoisotopic (exact) mass is 1110 g/mol. The number of aryl methyl sites for hydroxylation is 1. The molecule has 2 heterocycles. The molecule has 0 unspecified atom stereocenters. The van der Waals surface area contributed by atoms with Gasteiger partial charge in [-0.05, 0) is 129 Å². The maximum absolute atomic E-state index is 12.9. The van der Waals surface area contributed by atoms with Crippen molar-refractivity contribution in [3.8, 4) is 0 Å². The molecule has 16 nitrogen and oxygen atoms in total. The van der Waals surface area contributed by atoms with Crippen LogP contribution in [0, 0.1) is 37.3 Å². The highest BCUT2D eigenvalue weighted by atomic mass is 35.5. The summed E-state index contributed by atoms with van der Waals surface area (Å²) in [5, 5.41) is 46.5. The van der Waals surface area contributed by atoms with Crippen molar-refractivity contribution in [3.63, 3.8) is 0 Å². The van der Waals surface area contributed by atoms with Crippen molar-refractivity contribution in [2.75, 3.05) is 41.7 Å². The van der Waals surface area contributed by atoms with Gasteiger partial charge in [0.25, 0.3) is 18.6 Å². The quantitative estimate of drug-likeness (QED) is 0.0408. The molecule has 6 rings (SSSR count). The van der Waals surface area contributed by atoms with E-state index in [2.05, 4.69) is 20.8 Å². The molecule has 29 heteroatoms. The SMILES string of the molecule is CSC(=C[N+](=O)[O-])Nc1ccc(C(F)(F)F)cc1.CSC(=C[N+](=O)[O-])SC.Cc1nnc([C@H]2CCCN2C(=C[N+](=O)[O-])Nc2ccc(C(F)(F)F)cc2)n1Cc1ccc(Cl)cc1.Nc1ccc(C(F)(F)F)cc1. The molecule has 5 aromatic rings. The van der Waals surface area contributed by atoms with Crippen LogP contribution >= 0.6 is 46.9 Å². The molecule has 0 saturated carbocycles. The maximum Gasteiger partial charge on any atom is 0.416 e. The van der Waals surface area contributed by atoms with Gasteiger partial charge in [-0.25, -0.2) is 0 Å². The Morgan fingerprint density at radius 3 is 1.55 bits per heavy atom. The number of halogens is 10. The molecule has 0 radical (unpaired) electrons. The molecule has 4 aromatic carbocycles. The number of hydrogen-bond acceptors (Lipinski definition) is 15. The van der Waals surface area contributed by atoms with E-state index in [4.69, 9.17) is 17.3 Å². The second kappa shape index (κ2) is 28.0. The average Bonchev–Trinajstić information content (AvgIpc) is 3.94. The maximum atomic E-state index is 12.9. The Labute approximate surface area is 428 Å². The highest BCUT2D eigenvalue weighted by molar-refractivity contribution is 8.21. The second-order valence-corrected chi connectivity index (χ2v) is 17.9. The zero-order chi connectivity index (χ0) is 54.7. The van der Waals surface area contributed by atoms with Gasteiger partial charge in [-0.1, -0.05) is 23.7 Å². The largest absolute Gasteiger partial charge is 0.416 e. The van der Waals surface area contributed by atoms with E-state index < -0.39 is 50.0 Å². The molecule has 73 heavy (non-hydrogen) atoms. The average molecular weight is 1110 g/mol. The molecule has 1 fully saturated rings. The zero-order valence-corrected chi connectivity index (χ0v) is 41.7. The molecule has 1 atom stereocenters. The van der Waals surface area contributed by atoms with E-state index in [9.17, 15) is 69.9 Å². The Hall–Kier alpha value is -6.65. The Bertz CT molecular complexity index is 2690. The van der Waals surface area contributed by atoms with Gasteiger partial charge in [-0.15, -0.1) is 45.5 Å².